The summed E-state index contributed by atoms with van der Waals surface area (Å²) in [6.07, 6.45) is 1.33. The number of non-ortho nitro benzene ring substituents is 1. The molecular formula is C31H21BrClN3O7. The van der Waals surface area contributed by atoms with Gasteiger partial charge in [-0.1, -0.05) is 45.7 Å². The molecule has 0 saturated carbocycles. The Morgan fingerprint density at radius 1 is 0.860 bits per heavy atom. The molecule has 0 spiro atoms. The molecule has 0 aliphatic carbocycles. The summed E-state index contributed by atoms with van der Waals surface area (Å²) in [5.41, 5.74) is 2.06. The highest BCUT2D eigenvalue weighted by molar-refractivity contribution is 9.10. The number of amides is 4. The molecule has 10 nitrogen and oxygen atoms in total. The Balaban J connectivity index is 1.27. The van der Waals surface area contributed by atoms with Crippen LogP contribution in [0.1, 0.15) is 16.7 Å². The van der Waals surface area contributed by atoms with Crippen LogP contribution in [0.4, 0.5) is 16.2 Å². The number of anilines is 1. The molecule has 1 saturated heterocycles. The third kappa shape index (κ3) is 7.08. The van der Waals surface area contributed by atoms with Crippen LogP contribution >= 0.6 is 27.5 Å². The fraction of sp³-hybridized carbons (Fsp3) is 0.0645. The van der Waals surface area contributed by atoms with Crippen LogP contribution < -0.4 is 19.7 Å². The molecule has 12 heteroatoms. The number of imide groups is 2. The number of nitrogens with zero attached hydrogens (tertiary/aromatic N) is 2. The Labute approximate surface area is 258 Å². The molecule has 0 radical (unpaired) electrons. The van der Waals surface area contributed by atoms with Crippen molar-refractivity contribution < 1.29 is 28.8 Å². The molecule has 4 amide bonds. The van der Waals surface area contributed by atoms with E-state index in [9.17, 15) is 24.5 Å². The third-order valence-electron chi connectivity index (χ3n) is 6.32. The Morgan fingerprint density at radius 2 is 1.49 bits per heavy atom. The predicted molar refractivity (Wildman–Crippen MR) is 163 cm³/mol. The van der Waals surface area contributed by atoms with Gasteiger partial charge in [-0.15, -0.1) is 0 Å². The second-order valence-corrected chi connectivity index (χ2v) is 10.6. The number of benzene rings is 4. The van der Waals surface area contributed by atoms with Gasteiger partial charge in [-0.3, -0.25) is 25.0 Å². The monoisotopic (exact) mass is 661 g/mol. The summed E-state index contributed by atoms with van der Waals surface area (Å²) >= 11 is 9.77. The number of hydrogen-bond donors (Lipinski definition) is 1. The van der Waals surface area contributed by atoms with Gasteiger partial charge in [-0.2, -0.15) is 0 Å². The van der Waals surface area contributed by atoms with Crippen molar-refractivity contribution in [1.82, 2.24) is 5.32 Å². The molecule has 216 valence electrons. The molecule has 1 fully saturated rings. The molecule has 4 aromatic rings. The van der Waals surface area contributed by atoms with E-state index in [0.29, 0.717) is 29.2 Å². The first kappa shape index (κ1) is 29.5. The molecule has 1 N–H and O–H groups in total. The predicted octanol–water partition coefficient (Wildman–Crippen LogP) is 6.84. The maximum Gasteiger partial charge on any atom is 0.335 e. The highest BCUT2D eigenvalue weighted by Crippen LogP contribution is 2.29. The van der Waals surface area contributed by atoms with Crippen LogP contribution in [0.25, 0.3) is 6.08 Å². The lowest BCUT2D eigenvalue weighted by molar-refractivity contribution is -0.384. The number of nitro benzene ring substituents is 1. The van der Waals surface area contributed by atoms with E-state index in [1.165, 1.54) is 24.3 Å². The number of barbiturate groups is 1. The zero-order valence-corrected chi connectivity index (χ0v) is 24.5. The molecule has 0 bridgehead atoms. The molecule has 1 aliphatic heterocycles. The van der Waals surface area contributed by atoms with E-state index in [0.717, 1.165) is 14.9 Å². The number of nitrogens with one attached hydrogen (secondary N) is 1. The van der Waals surface area contributed by atoms with Crippen molar-refractivity contribution in [3.05, 3.63) is 133 Å². The number of hydrogen-bond acceptors (Lipinski definition) is 7. The average Bonchev–Trinajstić information content (AvgIpc) is 2.99. The lowest BCUT2D eigenvalue weighted by Gasteiger charge is -2.26. The van der Waals surface area contributed by atoms with Crippen LogP contribution in [0, 0.1) is 10.1 Å². The largest absolute Gasteiger partial charge is 0.489 e. The Bertz CT molecular complexity index is 1740. The molecule has 4 aromatic carbocycles. The highest BCUT2D eigenvalue weighted by Gasteiger charge is 2.36. The fourth-order valence-corrected chi connectivity index (χ4v) is 4.60. The highest BCUT2D eigenvalue weighted by atomic mass is 79.9. The van der Waals surface area contributed by atoms with Crippen LogP contribution in [0.5, 0.6) is 11.5 Å². The second kappa shape index (κ2) is 12.9. The van der Waals surface area contributed by atoms with Crippen molar-refractivity contribution in [3.63, 3.8) is 0 Å². The van der Waals surface area contributed by atoms with Crippen molar-refractivity contribution in [1.29, 1.82) is 0 Å². The van der Waals surface area contributed by atoms with Gasteiger partial charge < -0.3 is 9.47 Å². The van der Waals surface area contributed by atoms with Crippen molar-refractivity contribution in [2.45, 2.75) is 13.2 Å². The van der Waals surface area contributed by atoms with Crippen LogP contribution in [0.2, 0.25) is 5.02 Å². The second-order valence-electron chi connectivity index (χ2n) is 9.27. The number of halogens is 2. The fourth-order valence-electron chi connectivity index (χ4n) is 4.10. The normalized spacial score (nSPS) is 14.0. The molecule has 5 rings (SSSR count). The number of rotatable bonds is 9. The molecule has 1 heterocycles. The van der Waals surface area contributed by atoms with Crippen molar-refractivity contribution in [2.24, 2.45) is 0 Å². The summed E-state index contributed by atoms with van der Waals surface area (Å²) in [4.78, 5) is 49.7. The van der Waals surface area contributed by atoms with Gasteiger partial charge >= 0.3 is 6.03 Å². The lowest BCUT2D eigenvalue weighted by Crippen LogP contribution is -2.54. The SMILES string of the molecule is O=C1NC(=O)N(c2ccc(OCc3ccc(Br)cc3)cc2)C(=O)/C1=C/c1ccc(OCc2ccc([N+](=O)[O-])cc2)c(Cl)c1. The molecule has 43 heavy (non-hydrogen) atoms. The molecular weight excluding hydrogens is 642 g/mol. The summed E-state index contributed by atoms with van der Waals surface area (Å²) in [5.74, 6) is -0.767. The first-order chi connectivity index (χ1) is 20.7. The van der Waals surface area contributed by atoms with Crippen LogP contribution in [0.3, 0.4) is 0 Å². The third-order valence-corrected chi connectivity index (χ3v) is 7.15. The summed E-state index contributed by atoms with van der Waals surface area (Å²) in [6.45, 7) is 0.449. The first-order valence-corrected chi connectivity index (χ1v) is 13.9. The molecule has 1 aliphatic rings. The summed E-state index contributed by atoms with van der Waals surface area (Å²) in [7, 11) is 0. The summed E-state index contributed by atoms with van der Waals surface area (Å²) < 4.78 is 12.5. The number of urea groups is 1. The number of carbonyl (C=O) groups excluding carboxylic acids is 3. The van der Waals surface area contributed by atoms with E-state index in [1.54, 1.807) is 48.5 Å². The maximum atomic E-state index is 13.3. The summed E-state index contributed by atoms with van der Waals surface area (Å²) in [6, 6.07) is 23.8. The summed E-state index contributed by atoms with van der Waals surface area (Å²) in [5, 5.41) is 13.2. The molecule has 0 atom stereocenters. The standard InChI is InChI=1S/C31H21BrClN3O7/c32-22-6-1-19(2-7-22)17-42-25-12-10-23(11-13-25)35-30(38)26(29(37)34-31(35)39)15-21-5-14-28(27(33)16-21)43-18-20-3-8-24(9-4-20)36(40)41/h1-16H,17-18H2,(H,34,37,39)/b26-15+. The van der Waals surface area contributed by atoms with Crippen molar-refractivity contribution in [2.75, 3.05) is 4.90 Å². The van der Waals surface area contributed by atoms with Crippen LogP contribution in [-0.2, 0) is 22.8 Å². The van der Waals surface area contributed by atoms with Crippen LogP contribution in [-0.4, -0.2) is 22.8 Å². The smallest absolute Gasteiger partial charge is 0.335 e. The molecule has 0 unspecified atom stereocenters. The lowest BCUT2D eigenvalue weighted by atomic mass is 10.1. The van der Waals surface area contributed by atoms with E-state index in [-0.39, 0.29) is 28.6 Å². The Hall–Kier alpha value is -5.00. The van der Waals surface area contributed by atoms with E-state index in [4.69, 9.17) is 21.1 Å². The Morgan fingerprint density at radius 3 is 2.12 bits per heavy atom. The minimum Gasteiger partial charge on any atom is -0.489 e. The average molecular weight is 663 g/mol. The minimum absolute atomic E-state index is 0.0284. The van der Waals surface area contributed by atoms with Crippen molar-refractivity contribution in [3.8, 4) is 11.5 Å². The van der Waals surface area contributed by atoms with E-state index >= 15 is 0 Å². The van der Waals surface area contributed by atoms with Gasteiger partial charge in [0.25, 0.3) is 17.5 Å². The molecule has 0 aromatic heterocycles. The van der Waals surface area contributed by atoms with Gasteiger partial charge in [0.1, 0.15) is 30.3 Å². The zero-order valence-electron chi connectivity index (χ0n) is 22.2. The van der Waals surface area contributed by atoms with Crippen LogP contribution in [0.15, 0.2) is 101 Å². The first-order valence-electron chi connectivity index (χ1n) is 12.7. The van der Waals surface area contributed by atoms with E-state index < -0.39 is 22.8 Å². The topological polar surface area (TPSA) is 128 Å². The zero-order chi connectivity index (χ0) is 30.5. The number of carbonyl (C=O) groups is 3. The maximum absolute atomic E-state index is 13.3. The number of ether oxygens (including phenoxy) is 2. The van der Waals surface area contributed by atoms with E-state index in [1.807, 2.05) is 24.3 Å². The van der Waals surface area contributed by atoms with Gasteiger partial charge in [0.2, 0.25) is 0 Å². The van der Waals surface area contributed by atoms with Crippen molar-refractivity contribution >= 4 is 62.8 Å². The van der Waals surface area contributed by atoms with Gasteiger partial charge in [0.05, 0.1) is 15.6 Å². The van der Waals surface area contributed by atoms with Gasteiger partial charge in [-0.25, -0.2) is 9.69 Å². The Kier molecular flexibility index (Phi) is 8.84. The number of nitro groups is 1. The minimum atomic E-state index is -0.872. The van der Waals surface area contributed by atoms with Gasteiger partial charge in [0, 0.05) is 16.6 Å². The van der Waals surface area contributed by atoms with Gasteiger partial charge in [0.15, 0.2) is 0 Å². The van der Waals surface area contributed by atoms with Gasteiger partial charge in [-0.05, 0) is 83.4 Å². The quantitative estimate of drug-likeness (QED) is 0.0900. The van der Waals surface area contributed by atoms with E-state index in [2.05, 4.69) is 21.2 Å².